The predicted octanol–water partition coefficient (Wildman–Crippen LogP) is 1.31. The Morgan fingerprint density at radius 3 is 2.69 bits per heavy atom. The molecule has 0 saturated carbocycles. The number of ether oxygens (including phenoxy) is 1. The van der Waals surface area contributed by atoms with Gasteiger partial charge in [-0.15, -0.1) is 0 Å². The van der Waals surface area contributed by atoms with Crippen LogP contribution >= 0.6 is 15.9 Å². The Balaban J connectivity index is 2.74. The zero-order valence-corrected chi connectivity index (χ0v) is 8.62. The Kier molecular flexibility index (Phi) is 4.21. The lowest BCUT2D eigenvalue weighted by atomic mass is 10.2. The van der Waals surface area contributed by atoms with Gasteiger partial charge in [-0.1, -0.05) is 15.9 Å². The molecule has 1 aromatic carbocycles. The first-order chi connectivity index (χ1) is 6.27. The number of hydrogen-bond donors (Lipinski definition) is 2. The van der Waals surface area contributed by atoms with Crippen molar-refractivity contribution in [2.45, 2.75) is 6.61 Å². The van der Waals surface area contributed by atoms with Crippen LogP contribution in [0.2, 0.25) is 0 Å². The second-order valence-electron chi connectivity index (χ2n) is 2.48. The highest BCUT2D eigenvalue weighted by molar-refractivity contribution is 9.10. The standard InChI is InChI=1S/C9H11BrO3/c10-9-2-1-8(13-4-3-11)5-7(9)6-12/h1-2,5,11-12H,3-4,6H2. The SMILES string of the molecule is OCCOc1ccc(Br)c(CO)c1. The average Bonchev–Trinajstić information content (AvgIpc) is 2.16. The largest absolute Gasteiger partial charge is 0.491 e. The van der Waals surface area contributed by atoms with Crippen molar-refractivity contribution < 1.29 is 14.9 Å². The van der Waals surface area contributed by atoms with E-state index in [1.807, 2.05) is 0 Å². The first-order valence-electron chi connectivity index (χ1n) is 3.91. The van der Waals surface area contributed by atoms with Crippen LogP contribution in [-0.2, 0) is 6.61 Å². The van der Waals surface area contributed by atoms with E-state index in [0.717, 1.165) is 10.0 Å². The molecule has 4 heteroatoms. The molecule has 0 radical (unpaired) electrons. The van der Waals surface area contributed by atoms with Gasteiger partial charge in [-0.05, 0) is 23.8 Å². The van der Waals surface area contributed by atoms with Crippen LogP contribution in [0.1, 0.15) is 5.56 Å². The van der Waals surface area contributed by atoms with Gasteiger partial charge in [-0.25, -0.2) is 0 Å². The monoisotopic (exact) mass is 246 g/mol. The molecule has 0 atom stereocenters. The molecular formula is C9H11BrO3. The van der Waals surface area contributed by atoms with Gasteiger partial charge < -0.3 is 14.9 Å². The molecule has 0 bridgehead atoms. The van der Waals surface area contributed by atoms with Crippen molar-refractivity contribution in [3.05, 3.63) is 28.2 Å². The van der Waals surface area contributed by atoms with Crippen molar-refractivity contribution >= 4 is 15.9 Å². The molecule has 0 unspecified atom stereocenters. The Labute approximate surface area is 85.1 Å². The van der Waals surface area contributed by atoms with Crippen LogP contribution in [0.4, 0.5) is 0 Å². The Morgan fingerprint density at radius 1 is 1.31 bits per heavy atom. The molecule has 13 heavy (non-hydrogen) atoms. The van der Waals surface area contributed by atoms with E-state index < -0.39 is 0 Å². The van der Waals surface area contributed by atoms with Crippen LogP contribution in [0, 0.1) is 0 Å². The van der Waals surface area contributed by atoms with Gasteiger partial charge in [-0.3, -0.25) is 0 Å². The second kappa shape index (κ2) is 5.21. The fraction of sp³-hybridized carbons (Fsp3) is 0.333. The summed E-state index contributed by atoms with van der Waals surface area (Å²) in [4.78, 5) is 0. The van der Waals surface area contributed by atoms with E-state index >= 15 is 0 Å². The summed E-state index contributed by atoms with van der Waals surface area (Å²) in [6.07, 6.45) is 0. The zero-order valence-electron chi connectivity index (χ0n) is 7.03. The summed E-state index contributed by atoms with van der Waals surface area (Å²) < 4.78 is 6.02. The summed E-state index contributed by atoms with van der Waals surface area (Å²) in [7, 11) is 0. The molecule has 0 saturated heterocycles. The third-order valence-electron chi connectivity index (χ3n) is 1.55. The Morgan fingerprint density at radius 2 is 2.08 bits per heavy atom. The van der Waals surface area contributed by atoms with E-state index in [0.29, 0.717) is 5.75 Å². The number of aliphatic hydroxyl groups is 2. The zero-order chi connectivity index (χ0) is 9.68. The number of hydrogen-bond acceptors (Lipinski definition) is 3. The Hall–Kier alpha value is -0.580. The van der Waals surface area contributed by atoms with Gasteiger partial charge in [0, 0.05) is 4.47 Å². The lowest BCUT2D eigenvalue weighted by Crippen LogP contribution is -2.01. The lowest BCUT2D eigenvalue weighted by molar-refractivity contribution is 0.201. The second-order valence-corrected chi connectivity index (χ2v) is 3.34. The minimum Gasteiger partial charge on any atom is -0.491 e. The molecule has 0 fully saturated rings. The van der Waals surface area contributed by atoms with Crippen molar-refractivity contribution in [3.8, 4) is 5.75 Å². The molecule has 2 N–H and O–H groups in total. The summed E-state index contributed by atoms with van der Waals surface area (Å²) >= 11 is 3.29. The number of halogens is 1. The highest BCUT2D eigenvalue weighted by Gasteiger charge is 2.00. The molecule has 72 valence electrons. The summed E-state index contributed by atoms with van der Waals surface area (Å²) in [5.41, 5.74) is 0.774. The van der Waals surface area contributed by atoms with Crippen molar-refractivity contribution in [1.29, 1.82) is 0 Å². The van der Waals surface area contributed by atoms with Crippen LogP contribution in [0.3, 0.4) is 0 Å². The van der Waals surface area contributed by atoms with Crippen molar-refractivity contribution in [3.63, 3.8) is 0 Å². The highest BCUT2D eigenvalue weighted by atomic mass is 79.9. The molecule has 0 aliphatic carbocycles. The summed E-state index contributed by atoms with van der Waals surface area (Å²) in [5, 5.41) is 17.5. The van der Waals surface area contributed by atoms with Gasteiger partial charge in [-0.2, -0.15) is 0 Å². The number of rotatable bonds is 4. The number of benzene rings is 1. The van der Waals surface area contributed by atoms with Crippen molar-refractivity contribution in [1.82, 2.24) is 0 Å². The fourth-order valence-electron chi connectivity index (χ4n) is 0.926. The molecule has 1 rings (SSSR count). The van der Waals surface area contributed by atoms with Gasteiger partial charge in [0.2, 0.25) is 0 Å². The maximum Gasteiger partial charge on any atom is 0.119 e. The molecule has 0 aliphatic heterocycles. The van der Waals surface area contributed by atoms with Crippen molar-refractivity contribution in [2.24, 2.45) is 0 Å². The lowest BCUT2D eigenvalue weighted by Gasteiger charge is -2.06. The third kappa shape index (κ3) is 2.99. The smallest absolute Gasteiger partial charge is 0.119 e. The first kappa shape index (κ1) is 10.5. The molecule has 0 aromatic heterocycles. The van der Waals surface area contributed by atoms with Crippen LogP contribution < -0.4 is 4.74 Å². The van der Waals surface area contributed by atoms with Gasteiger partial charge in [0.1, 0.15) is 12.4 Å². The van der Waals surface area contributed by atoms with Crippen LogP contribution in [0.25, 0.3) is 0 Å². The predicted molar refractivity (Wildman–Crippen MR) is 52.6 cm³/mol. The van der Waals surface area contributed by atoms with E-state index in [-0.39, 0.29) is 19.8 Å². The fourth-order valence-corrected chi connectivity index (χ4v) is 1.30. The van der Waals surface area contributed by atoms with Gasteiger partial charge >= 0.3 is 0 Å². The van der Waals surface area contributed by atoms with Gasteiger partial charge in [0.05, 0.1) is 13.2 Å². The van der Waals surface area contributed by atoms with Gasteiger partial charge in [0.25, 0.3) is 0 Å². The minimum atomic E-state index is -0.0308. The van der Waals surface area contributed by atoms with Crippen LogP contribution in [0.15, 0.2) is 22.7 Å². The maximum absolute atomic E-state index is 8.93. The summed E-state index contributed by atoms with van der Waals surface area (Å²) in [6, 6.07) is 5.32. The van der Waals surface area contributed by atoms with E-state index in [9.17, 15) is 0 Å². The average molecular weight is 247 g/mol. The summed E-state index contributed by atoms with van der Waals surface area (Å²) in [5.74, 6) is 0.654. The molecule has 0 heterocycles. The van der Waals surface area contributed by atoms with E-state index in [4.69, 9.17) is 14.9 Å². The topological polar surface area (TPSA) is 49.7 Å². The minimum absolute atomic E-state index is 0.00940. The maximum atomic E-state index is 8.93. The van der Waals surface area contributed by atoms with Gasteiger partial charge in [0.15, 0.2) is 0 Å². The molecule has 0 aliphatic rings. The van der Waals surface area contributed by atoms with E-state index in [1.54, 1.807) is 18.2 Å². The molecule has 0 amide bonds. The van der Waals surface area contributed by atoms with Crippen LogP contribution in [0.5, 0.6) is 5.75 Å². The summed E-state index contributed by atoms with van der Waals surface area (Å²) in [6.45, 7) is 0.230. The molecule has 3 nitrogen and oxygen atoms in total. The van der Waals surface area contributed by atoms with Crippen molar-refractivity contribution in [2.75, 3.05) is 13.2 Å². The normalized spacial score (nSPS) is 10.1. The van der Waals surface area contributed by atoms with Crippen LogP contribution in [-0.4, -0.2) is 23.4 Å². The highest BCUT2D eigenvalue weighted by Crippen LogP contribution is 2.22. The molecular weight excluding hydrogens is 236 g/mol. The Bertz CT molecular complexity index is 276. The number of aliphatic hydroxyl groups excluding tert-OH is 2. The van der Waals surface area contributed by atoms with E-state index in [1.165, 1.54) is 0 Å². The molecule has 1 aromatic rings. The molecule has 0 spiro atoms. The van der Waals surface area contributed by atoms with E-state index in [2.05, 4.69) is 15.9 Å². The third-order valence-corrected chi connectivity index (χ3v) is 2.32. The quantitative estimate of drug-likeness (QED) is 0.843. The first-order valence-corrected chi connectivity index (χ1v) is 4.70.